The number of nitrogens with one attached hydrogen (secondary N) is 1. The van der Waals surface area contributed by atoms with E-state index in [1.54, 1.807) is 12.1 Å². The van der Waals surface area contributed by atoms with Crippen LogP contribution >= 0.6 is 0 Å². The van der Waals surface area contributed by atoms with Gasteiger partial charge in [0.05, 0.1) is 17.9 Å². The first kappa shape index (κ1) is 23.6. The van der Waals surface area contributed by atoms with Crippen molar-refractivity contribution in [3.63, 3.8) is 0 Å². The number of carbonyl (C=O) groups is 2. The van der Waals surface area contributed by atoms with Gasteiger partial charge in [0, 0.05) is 19.5 Å². The third-order valence-electron chi connectivity index (χ3n) is 4.82. The van der Waals surface area contributed by atoms with Crippen LogP contribution in [0.15, 0.2) is 29.2 Å². The summed E-state index contributed by atoms with van der Waals surface area (Å²) in [5.74, 6) is -13.7. The fraction of sp³-hybridized carbons (Fsp3) is 0.263. The van der Waals surface area contributed by atoms with Gasteiger partial charge in [-0.1, -0.05) is 12.1 Å². The summed E-state index contributed by atoms with van der Waals surface area (Å²) in [6.45, 7) is 0.521. The molecule has 0 aliphatic carbocycles. The van der Waals surface area contributed by atoms with Gasteiger partial charge in [-0.15, -0.1) is 0 Å². The number of carbonyl (C=O) groups excluding carboxylic acids is 2. The van der Waals surface area contributed by atoms with Gasteiger partial charge in [0.1, 0.15) is 0 Å². The molecule has 2 aromatic rings. The number of amides is 2. The Labute approximate surface area is 179 Å². The summed E-state index contributed by atoms with van der Waals surface area (Å²) in [5, 5.41) is 2.60. The third kappa shape index (κ3) is 3.93. The standard InChI is InChI=1S/C19H16F5N3O4S/c1-9-7-12(28)25-10-5-3-4-6-11(10)27(9)13(29)8-26(2)32(30,31)19-17(23)15(21)14(20)16(22)18(19)24/h3-6,9H,7-8H2,1-2H3,(H,25,28). The second-order valence-electron chi connectivity index (χ2n) is 7.04. The van der Waals surface area contributed by atoms with Crippen LogP contribution in [0.1, 0.15) is 13.3 Å². The summed E-state index contributed by atoms with van der Waals surface area (Å²) in [4.78, 5) is 24.0. The summed E-state index contributed by atoms with van der Waals surface area (Å²) < 4.78 is 93.7. The molecule has 1 aliphatic heterocycles. The van der Waals surface area contributed by atoms with Crippen molar-refractivity contribution in [2.75, 3.05) is 23.8 Å². The molecule has 0 bridgehead atoms. The second kappa shape index (κ2) is 8.47. The van der Waals surface area contributed by atoms with Crippen LogP contribution < -0.4 is 10.2 Å². The summed E-state index contributed by atoms with van der Waals surface area (Å²) >= 11 is 0. The Morgan fingerprint density at radius 3 is 2.19 bits per heavy atom. The van der Waals surface area contributed by atoms with Gasteiger partial charge in [-0.25, -0.2) is 30.4 Å². The number of nitrogens with zero attached hydrogens (tertiary/aromatic N) is 2. The number of hydrogen-bond acceptors (Lipinski definition) is 4. The highest BCUT2D eigenvalue weighted by molar-refractivity contribution is 7.89. The van der Waals surface area contributed by atoms with Crippen molar-refractivity contribution in [1.82, 2.24) is 4.31 Å². The molecule has 0 fully saturated rings. The van der Waals surface area contributed by atoms with Gasteiger partial charge < -0.3 is 10.2 Å². The van der Waals surface area contributed by atoms with Crippen LogP contribution in [0.25, 0.3) is 0 Å². The van der Waals surface area contributed by atoms with Crippen molar-refractivity contribution in [3.8, 4) is 0 Å². The number of para-hydroxylation sites is 2. The SMILES string of the molecule is CC1CC(=O)Nc2ccccc2N1C(=O)CN(C)S(=O)(=O)c1c(F)c(F)c(F)c(F)c1F. The van der Waals surface area contributed by atoms with Gasteiger partial charge in [0.2, 0.25) is 27.7 Å². The summed E-state index contributed by atoms with van der Waals surface area (Å²) in [6.07, 6.45) is -0.130. The molecule has 0 saturated heterocycles. The number of fused-ring (bicyclic) bond motifs is 1. The van der Waals surface area contributed by atoms with Crippen molar-refractivity contribution < 1.29 is 40.0 Å². The third-order valence-corrected chi connectivity index (χ3v) is 6.65. The van der Waals surface area contributed by atoms with E-state index in [0.717, 1.165) is 11.9 Å². The second-order valence-corrected chi connectivity index (χ2v) is 9.02. The summed E-state index contributed by atoms with van der Waals surface area (Å²) in [6, 6.07) is 5.45. The van der Waals surface area contributed by atoms with Crippen molar-refractivity contribution in [1.29, 1.82) is 0 Å². The van der Waals surface area contributed by atoms with E-state index in [9.17, 15) is 40.0 Å². The molecule has 0 saturated carbocycles. The molecule has 172 valence electrons. The first-order valence-corrected chi connectivity index (χ1v) is 10.5. The maximum absolute atomic E-state index is 14.0. The molecular weight excluding hydrogens is 461 g/mol. The first-order chi connectivity index (χ1) is 14.9. The predicted octanol–water partition coefficient (Wildman–Crippen LogP) is 2.77. The summed E-state index contributed by atoms with van der Waals surface area (Å²) in [7, 11) is -4.55. The molecule has 0 spiro atoms. The van der Waals surface area contributed by atoms with Gasteiger partial charge in [0.15, 0.2) is 28.2 Å². The lowest BCUT2D eigenvalue weighted by Crippen LogP contribution is -2.45. The Kier molecular flexibility index (Phi) is 6.24. The number of halogens is 5. The van der Waals surface area contributed by atoms with Gasteiger partial charge in [-0.2, -0.15) is 4.31 Å². The molecule has 7 nitrogen and oxygen atoms in total. The van der Waals surface area contributed by atoms with Gasteiger partial charge in [-0.3, -0.25) is 9.59 Å². The van der Waals surface area contributed by atoms with Gasteiger partial charge in [-0.05, 0) is 19.1 Å². The normalized spacial score (nSPS) is 16.6. The highest BCUT2D eigenvalue weighted by atomic mass is 32.2. The average Bonchev–Trinajstić information content (AvgIpc) is 2.84. The number of rotatable bonds is 4. The number of benzene rings is 2. The highest BCUT2D eigenvalue weighted by Gasteiger charge is 2.38. The average molecular weight is 477 g/mol. The number of likely N-dealkylation sites (N-methyl/N-ethyl adjacent to an activating group) is 1. The maximum Gasteiger partial charge on any atom is 0.249 e. The molecule has 1 atom stereocenters. The molecular formula is C19H16F5N3O4S. The Morgan fingerprint density at radius 1 is 1.06 bits per heavy atom. The van der Waals surface area contributed by atoms with Crippen LogP contribution in [0, 0.1) is 29.1 Å². The van der Waals surface area contributed by atoms with E-state index in [2.05, 4.69) is 5.32 Å². The lowest BCUT2D eigenvalue weighted by atomic mass is 10.1. The Morgan fingerprint density at radius 2 is 1.59 bits per heavy atom. The van der Waals surface area contributed by atoms with Gasteiger partial charge in [0.25, 0.3) is 0 Å². The topological polar surface area (TPSA) is 86.8 Å². The van der Waals surface area contributed by atoms with E-state index in [-0.39, 0.29) is 22.1 Å². The van der Waals surface area contributed by atoms with Crippen LogP contribution in [0.4, 0.5) is 33.3 Å². The lowest BCUT2D eigenvalue weighted by Gasteiger charge is -2.29. The van der Waals surface area contributed by atoms with Crippen LogP contribution in [-0.2, 0) is 19.6 Å². The maximum atomic E-state index is 14.0. The van der Waals surface area contributed by atoms with E-state index in [1.807, 2.05) is 0 Å². The molecule has 32 heavy (non-hydrogen) atoms. The monoisotopic (exact) mass is 477 g/mol. The van der Waals surface area contributed by atoms with Crippen LogP contribution in [0.2, 0.25) is 0 Å². The first-order valence-electron chi connectivity index (χ1n) is 9.06. The molecule has 2 amide bonds. The molecule has 1 heterocycles. The van der Waals surface area contributed by atoms with Gasteiger partial charge >= 0.3 is 0 Å². The minimum Gasteiger partial charge on any atom is -0.324 e. The molecule has 1 aliphatic rings. The fourth-order valence-electron chi connectivity index (χ4n) is 3.29. The lowest BCUT2D eigenvalue weighted by molar-refractivity contribution is -0.119. The minimum atomic E-state index is -5.30. The van der Waals surface area contributed by atoms with E-state index in [0.29, 0.717) is 0 Å². The quantitative estimate of drug-likeness (QED) is 0.417. The Balaban J connectivity index is 1.98. The Hall–Kier alpha value is -3.06. The predicted molar refractivity (Wildman–Crippen MR) is 103 cm³/mol. The van der Waals surface area contributed by atoms with Crippen LogP contribution in [-0.4, -0.2) is 44.2 Å². The smallest absolute Gasteiger partial charge is 0.249 e. The number of hydrogen-bond donors (Lipinski definition) is 1. The van der Waals surface area contributed by atoms with Crippen molar-refractivity contribution >= 4 is 33.2 Å². The van der Waals surface area contributed by atoms with E-state index in [4.69, 9.17) is 0 Å². The largest absolute Gasteiger partial charge is 0.324 e. The van der Waals surface area contributed by atoms with Crippen molar-refractivity contribution in [2.24, 2.45) is 0 Å². The molecule has 2 aromatic carbocycles. The molecule has 0 aromatic heterocycles. The molecule has 0 radical (unpaired) electrons. The van der Waals surface area contributed by atoms with E-state index in [1.165, 1.54) is 19.1 Å². The zero-order valence-electron chi connectivity index (χ0n) is 16.6. The minimum absolute atomic E-state index is 0.130. The Bertz CT molecular complexity index is 1190. The zero-order chi connectivity index (χ0) is 24.0. The molecule has 1 unspecified atom stereocenters. The van der Waals surface area contributed by atoms with Crippen molar-refractivity contribution in [2.45, 2.75) is 24.3 Å². The van der Waals surface area contributed by atoms with Crippen LogP contribution in [0.3, 0.4) is 0 Å². The highest BCUT2D eigenvalue weighted by Crippen LogP contribution is 2.32. The van der Waals surface area contributed by atoms with Crippen LogP contribution in [0.5, 0.6) is 0 Å². The zero-order valence-corrected chi connectivity index (χ0v) is 17.4. The van der Waals surface area contributed by atoms with E-state index < -0.39 is 68.4 Å². The molecule has 3 rings (SSSR count). The van der Waals surface area contributed by atoms with Crippen molar-refractivity contribution in [3.05, 3.63) is 53.4 Å². The number of anilines is 2. The van der Waals surface area contributed by atoms with E-state index >= 15 is 0 Å². The molecule has 13 heteroatoms. The summed E-state index contributed by atoms with van der Waals surface area (Å²) in [5.41, 5.74) is 0.526. The number of sulfonamides is 1. The fourth-order valence-corrected chi connectivity index (χ4v) is 4.51. The molecule has 1 N–H and O–H groups in total.